The molecule has 1 fully saturated rings. The van der Waals surface area contributed by atoms with Gasteiger partial charge in [-0.3, -0.25) is 9.69 Å². The molecule has 7 nitrogen and oxygen atoms in total. The van der Waals surface area contributed by atoms with Gasteiger partial charge in [0.25, 0.3) is 5.91 Å². The summed E-state index contributed by atoms with van der Waals surface area (Å²) in [6.45, 7) is 9.19. The summed E-state index contributed by atoms with van der Waals surface area (Å²) in [7, 11) is 2.16. The van der Waals surface area contributed by atoms with E-state index >= 15 is 0 Å². The number of rotatable bonds is 7. The van der Waals surface area contributed by atoms with Crippen molar-refractivity contribution in [1.82, 2.24) is 29.9 Å². The Morgan fingerprint density at radius 2 is 1.84 bits per heavy atom. The third-order valence-corrected chi connectivity index (χ3v) is 6.67. The molecule has 0 unspecified atom stereocenters. The van der Waals surface area contributed by atoms with Crippen LogP contribution in [0.15, 0.2) is 47.8 Å². The molecule has 0 saturated carbocycles. The summed E-state index contributed by atoms with van der Waals surface area (Å²) < 4.78 is 1.75. The molecule has 1 aliphatic heterocycles. The van der Waals surface area contributed by atoms with Crippen LogP contribution in [0.3, 0.4) is 0 Å². The summed E-state index contributed by atoms with van der Waals surface area (Å²) in [6.07, 6.45) is 0. The average Bonchev–Trinajstić information content (AvgIpc) is 3.45. The number of carbonyl (C=O) groups is 1. The van der Waals surface area contributed by atoms with Crippen LogP contribution >= 0.6 is 11.3 Å². The standard InChI is InChI=1S/C23H30N6OS/c1-17(2)19(28-13-11-27(3)12-14-28)16-24-23(30)21-25-22(20-10-7-15-31-20)29(26-21)18-8-5-4-6-9-18/h4-10,15,17,19H,11-14,16H2,1-3H3,(H,24,30)/t19-/m0/s1. The molecule has 164 valence electrons. The fraction of sp³-hybridized carbons (Fsp3) is 0.435. The Morgan fingerprint density at radius 3 is 2.48 bits per heavy atom. The maximum absolute atomic E-state index is 13.0. The van der Waals surface area contributed by atoms with E-state index in [1.165, 1.54) is 0 Å². The number of benzene rings is 1. The number of thiophene rings is 1. The molecular formula is C23H30N6OS. The van der Waals surface area contributed by atoms with Crippen molar-refractivity contribution in [1.29, 1.82) is 0 Å². The van der Waals surface area contributed by atoms with Crippen LogP contribution in [0.25, 0.3) is 16.4 Å². The first-order chi connectivity index (χ1) is 15.0. The number of hydrogen-bond acceptors (Lipinski definition) is 6. The highest BCUT2D eigenvalue weighted by atomic mass is 32.1. The molecule has 1 amide bonds. The van der Waals surface area contributed by atoms with Crippen LogP contribution in [0.1, 0.15) is 24.5 Å². The van der Waals surface area contributed by atoms with E-state index in [2.05, 4.69) is 46.1 Å². The number of piperazine rings is 1. The maximum atomic E-state index is 13.0. The largest absolute Gasteiger partial charge is 0.348 e. The highest BCUT2D eigenvalue weighted by Gasteiger charge is 2.26. The van der Waals surface area contributed by atoms with Crippen molar-refractivity contribution in [2.45, 2.75) is 19.9 Å². The van der Waals surface area contributed by atoms with Crippen molar-refractivity contribution < 1.29 is 4.79 Å². The molecule has 2 aromatic heterocycles. The number of carbonyl (C=O) groups excluding carboxylic acids is 1. The van der Waals surface area contributed by atoms with E-state index in [1.54, 1.807) is 16.0 Å². The third-order valence-electron chi connectivity index (χ3n) is 5.80. The Bertz CT molecular complexity index is 977. The van der Waals surface area contributed by atoms with E-state index in [4.69, 9.17) is 0 Å². The van der Waals surface area contributed by atoms with Gasteiger partial charge in [-0.25, -0.2) is 9.67 Å². The third kappa shape index (κ3) is 5.03. The van der Waals surface area contributed by atoms with Crippen LogP contribution in [0.4, 0.5) is 0 Å². The zero-order chi connectivity index (χ0) is 21.8. The second-order valence-corrected chi connectivity index (χ2v) is 9.29. The minimum absolute atomic E-state index is 0.202. The molecule has 0 radical (unpaired) electrons. The highest BCUT2D eigenvalue weighted by Crippen LogP contribution is 2.25. The molecule has 0 bridgehead atoms. The van der Waals surface area contributed by atoms with Crippen molar-refractivity contribution in [3.63, 3.8) is 0 Å². The predicted molar refractivity (Wildman–Crippen MR) is 125 cm³/mol. The number of hydrogen-bond donors (Lipinski definition) is 1. The number of amides is 1. The number of aromatic nitrogens is 3. The van der Waals surface area contributed by atoms with Gasteiger partial charge in [-0.15, -0.1) is 16.4 Å². The van der Waals surface area contributed by atoms with E-state index in [1.807, 2.05) is 47.8 Å². The SMILES string of the molecule is CC(C)[C@H](CNC(=O)c1nc(-c2cccs2)n(-c2ccccc2)n1)N1CCN(C)CC1. The van der Waals surface area contributed by atoms with Crippen LogP contribution in [0, 0.1) is 5.92 Å². The van der Waals surface area contributed by atoms with Crippen molar-refractivity contribution >= 4 is 17.2 Å². The summed E-state index contributed by atoms with van der Waals surface area (Å²) >= 11 is 1.59. The predicted octanol–water partition coefficient (Wildman–Crippen LogP) is 3.00. The van der Waals surface area contributed by atoms with Gasteiger partial charge < -0.3 is 10.2 Å². The van der Waals surface area contributed by atoms with E-state index < -0.39 is 0 Å². The Labute approximate surface area is 187 Å². The van der Waals surface area contributed by atoms with Crippen molar-refractivity contribution in [3.8, 4) is 16.4 Å². The number of para-hydroxylation sites is 1. The summed E-state index contributed by atoms with van der Waals surface area (Å²) in [5, 5.41) is 9.66. The van der Waals surface area contributed by atoms with Gasteiger partial charge in [0.1, 0.15) is 0 Å². The van der Waals surface area contributed by atoms with Crippen molar-refractivity contribution in [3.05, 3.63) is 53.7 Å². The van der Waals surface area contributed by atoms with Crippen LogP contribution in [-0.4, -0.2) is 76.3 Å². The molecule has 1 saturated heterocycles. The molecule has 1 aromatic carbocycles. The zero-order valence-electron chi connectivity index (χ0n) is 18.4. The van der Waals surface area contributed by atoms with Crippen molar-refractivity contribution in [2.75, 3.05) is 39.8 Å². The van der Waals surface area contributed by atoms with Crippen LogP contribution in [0.2, 0.25) is 0 Å². The smallest absolute Gasteiger partial charge is 0.291 e. The minimum atomic E-state index is -0.229. The molecule has 1 atom stereocenters. The Morgan fingerprint density at radius 1 is 1.10 bits per heavy atom. The number of likely N-dealkylation sites (N-methyl/N-ethyl adjacent to an activating group) is 1. The molecule has 1 aliphatic rings. The molecule has 1 N–H and O–H groups in total. The normalized spacial score (nSPS) is 16.5. The fourth-order valence-corrected chi connectivity index (χ4v) is 4.64. The van der Waals surface area contributed by atoms with Crippen LogP contribution < -0.4 is 5.32 Å². The van der Waals surface area contributed by atoms with E-state index in [0.717, 1.165) is 36.7 Å². The average molecular weight is 439 g/mol. The summed E-state index contributed by atoms with van der Waals surface area (Å²) in [5.74, 6) is 1.10. The van der Waals surface area contributed by atoms with Crippen LogP contribution in [0.5, 0.6) is 0 Å². The van der Waals surface area contributed by atoms with E-state index in [0.29, 0.717) is 24.3 Å². The lowest BCUT2D eigenvalue weighted by atomic mass is 10.0. The molecule has 0 aliphatic carbocycles. The van der Waals surface area contributed by atoms with E-state index in [-0.39, 0.29) is 11.7 Å². The van der Waals surface area contributed by atoms with Gasteiger partial charge in [0.15, 0.2) is 5.82 Å². The second-order valence-electron chi connectivity index (χ2n) is 8.34. The minimum Gasteiger partial charge on any atom is -0.348 e. The van der Waals surface area contributed by atoms with Crippen molar-refractivity contribution in [2.24, 2.45) is 5.92 Å². The monoisotopic (exact) mass is 438 g/mol. The molecule has 3 aromatic rings. The first-order valence-corrected chi connectivity index (χ1v) is 11.7. The lowest BCUT2D eigenvalue weighted by molar-refractivity contribution is 0.0786. The molecule has 3 heterocycles. The topological polar surface area (TPSA) is 66.3 Å². The summed E-state index contributed by atoms with van der Waals surface area (Å²) in [6, 6.07) is 14.1. The summed E-state index contributed by atoms with van der Waals surface area (Å²) in [5.41, 5.74) is 0.884. The van der Waals surface area contributed by atoms with Gasteiger partial charge in [0.05, 0.1) is 10.6 Å². The molecule has 31 heavy (non-hydrogen) atoms. The van der Waals surface area contributed by atoms with Gasteiger partial charge in [0, 0.05) is 38.8 Å². The summed E-state index contributed by atoms with van der Waals surface area (Å²) in [4.78, 5) is 23.4. The molecule has 0 spiro atoms. The number of nitrogens with one attached hydrogen (secondary N) is 1. The number of nitrogens with zero attached hydrogens (tertiary/aromatic N) is 5. The molecule has 8 heteroatoms. The molecule has 4 rings (SSSR count). The Kier molecular flexibility index (Phi) is 6.80. The fourth-order valence-electron chi connectivity index (χ4n) is 3.94. The maximum Gasteiger partial charge on any atom is 0.291 e. The first-order valence-electron chi connectivity index (χ1n) is 10.8. The Hall–Kier alpha value is -2.55. The highest BCUT2D eigenvalue weighted by molar-refractivity contribution is 7.13. The first kappa shape index (κ1) is 21.7. The second kappa shape index (κ2) is 9.72. The van der Waals surface area contributed by atoms with Gasteiger partial charge in [-0.2, -0.15) is 0 Å². The van der Waals surface area contributed by atoms with Gasteiger partial charge in [-0.1, -0.05) is 38.1 Å². The van der Waals surface area contributed by atoms with E-state index in [9.17, 15) is 4.79 Å². The van der Waals surface area contributed by atoms with Crippen LogP contribution in [-0.2, 0) is 0 Å². The zero-order valence-corrected chi connectivity index (χ0v) is 19.2. The lowest BCUT2D eigenvalue weighted by Crippen LogP contribution is -2.54. The molecular weight excluding hydrogens is 408 g/mol. The van der Waals surface area contributed by atoms with Gasteiger partial charge in [0.2, 0.25) is 5.82 Å². The van der Waals surface area contributed by atoms with Gasteiger partial charge in [-0.05, 0) is 36.5 Å². The van der Waals surface area contributed by atoms with Gasteiger partial charge >= 0.3 is 0 Å². The lowest BCUT2D eigenvalue weighted by Gasteiger charge is -2.39. The Balaban J connectivity index is 1.52. The quantitative estimate of drug-likeness (QED) is 0.614.